The van der Waals surface area contributed by atoms with E-state index in [-0.39, 0.29) is 5.60 Å². The first-order valence-electron chi connectivity index (χ1n) is 5.24. The van der Waals surface area contributed by atoms with Crippen LogP contribution in [0.15, 0.2) is 41.1 Å². The van der Waals surface area contributed by atoms with Crippen LogP contribution in [0.4, 0.5) is 0 Å². The van der Waals surface area contributed by atoms with Crippen molar-refractivity contribution in [2.45, 2.75) is 26.4 Å². The van der Waals surface area contributed by atoms with Crippen LogP contribution in [0.2, 0.25) is 0 Å². The molecule has 16 heavy (non-hydrogen) atoms. The summed E-state index contributed by atoms with van der Waals surface area (Å²) in [5, 5.41) is 0. The van der Waals surface area contributed by atoms with E-state index in [0.717, 1.165) is 11.3 Å². The Morgan fingerprint density at radius 3 is 2.62 bits per heavy atom. The number of nitrogens with zero attached hydrogens (tertiary/aromatic N) is 1. The van der Waals surface area contributed by atoms with E-state index in [1.807, 2.05) is 45.0 Å². The Morgan fingerprint density at radius 2 is 2.00 bits per heavy atom. The number of furan rings is 1. The van der Waals surface area contributed by atoms with Gasteiger partial charge in [-0.1, -0.05) is 0 Å². The lowest BCUT2D eigenvalue weighted by Gasteiger charge is -2.18. The minimum Gasteiger partial charge on any atom is -0.459 e. The molecule has 0 aliphatic heterocycles. The third-order valence-corrected chi connectivity index (χ3v) is 1.93. The van der Waals surface area contributed by atoms with Gasteiger partial charge >= 0.3 is 0 Å². The molecule has 0 unspecified atom stereocenters. The fourth-order valence-electron chi connectivity index (χ4n) is 1.34. The van der Waals surface area contributed by atoms with E-state index >= 15 is 0 Å². The van der Waals surface area contributed by atoms with Crippen LogP contribution in [0.25, 0.3) is 11.3 Å². The van der Waals surface area contributed by atoms with E-state index in [1.54, 1.807) is 12.4 Å². The van der Waals surface area contributed by atoms with Crippen LogP contribution in [0.1, 0.15) is 20.8 Å². The molecule has 0 fully saturated rings. The number of hydrogen-bond donors (Lipinski definition) is 0. The summed E-state index contributed by atoms with van der Waals surface area (Å²) in [6, 6.07) is 7.54. The molecular formula is C13H15NO2. The smallest absolute Gasteiger partial charge is 0.285 e. The van der Waals surface area contributed by atoms with E-state index in [0.29, 0.717) is 5.95 Å². The standard InChI is InChI=1S/C13H15NO2/c1-13(2,3)16-12-7-6-11(15-12)10-5-4-8-14-9-10/h4-9H,1-3H3. The van der Waals surface area contributed by atoms with Crippen molar-refractivity contribution in [1.82, 2.24) is 4.98 Å². The van der Waals surface area contributed by atoms with Gasteiger partial charge in [0.05, 0.1) is 0 Å². The highest BCUT2D eigenvalue weighted by atomic mass is 16.6. The average molecular weight is 217 g/mol. The predicted molar refractivity (Wildman–Crippen MR) is 62.3 cm³/mol. The summed E-state index contributed by atoms with van der Waals surface area (Å²) in [4.78, 5) is 4.04. The Labute approximate surface area is 95.1 Å². The fraction of sp³-hybridized carbons (Fsp3) is 0.308. The molecule has 0 saturated carbocycles. The summed E-state index contributed by atoms with van der Waals surface area (Å²) in [6.07, 6.45) is 3.50. The van der Waals surface area contributed by atoms with Gasteiger partial charge in [-0.15, -0.1) is 0 Å². The van der Waals surface area contributed by atoms with Crippen LogP contribution in [-0.2, 0) is 0 Å². The predicted octanol–water partition coefficient (Wildman–Crippen LogP) is 3.52. The van der Waals surface area contributed by atoms with Crippen LogP contribution in [0.3, 0.4) is 0 Å². The average Bonchev–Trinajstić information content (AvgIpc) is 2.65. The van der Waals surface area contributed by atoms with Gasteiger partial charge in [-0.3, -0.25) is 4.98 Å². The van der Waals surface area contributed by atoms with Crippen molar-refractivity contribution in [3.8, 4) is 17.3 Å². The Bertz CT molecular complexity index is 454. The van der Waals surface area contributed by atoms with Gasteiger partial charge in [0.1, 0.15) is 11.4 Å². The van der Waals surface area contributed by atoms with Gasteiger partial charge in [-0.2, -0.15) is 0 Å². The summed E-state index contributed by atoms with van der Waals surface area (Å²) in [7, 11) is 0. The molecule has 2 aromatic rings. The van der Waals surface area contributed by atoms with Gasteiger partial charge in [0.25, 0.3) is 5.95 Å². The van der Waals surface area contributed by atoms with Crippen molar-refractivity contribution >= 4 is 0 Å². The molecular weight excluding hydrogens is 202 g/mol. The minimum atomic E-state index is -0.246. The molecule has 0 aromatic carbocycles. The Balaban J connectivity index is 2.21. The molecule has 0 aliphatic carbocycles. The molecule has 0 N–H and O–H groups in total. The van der Waals surface area contributed by atoms with Gasteiger partial charge in [0.15, 0.2) is 0 Å². The lowest BCUT2D eigenvalue weighted by atomic mass is 10.2. The maximum absolute atomic E-state index is 5.62. The summed E-state index contributed by atoms with van der Waals surface area (Å²) in [6.45, 7) is 5.96. The van der Waals surface area contributed by atoms with Crippen LogP contribution in [0.5, 0.6) is 5.95 Å². The van der Waals surface area contributed by atoms with Gasteiger partial charge in [-0.05, 0) is 39.0 Å². The highest BCUT2D eigenvalue weighted by Crippen LogP contribution is 2.27. The zero-order valence-electron chi connectivity index (χ0n) is 9.73. The first-order chi connectivity index (χ1) is 7.54. The van der Waals surface area contributed by atoms with Crippen LogP contribution >= 0.6 is 0 Å². The van der Waals surface area contributed by atoms with Crippen LogP contribution < -0.4 is 4.74 Å². The van der Waals surface area contributed by atoms with Crippen molar-refractivity contribution in [2.24, 2.45) is 0 Å². The monoisotopic (exact) mass is 217 g/mol. The third kappa shape index (κ3) is 2.63. The molecule has 0 bridgehead atoms. The van der Waals surface area contributed by atoms with Crippen molar-refractivity contribution in [2.75, 3.05) is 0 Å². The number of aromatic nitrogens is 1. The first-order valence-corrected chi connectivity index (χ1v) is 5.24. The van der Waals surface area contributed by atoms with Crippen LogP contribution in [-0.4, -0.2) is 10.6 Å². The maximum atomic E-state index is 5.62. The molecule has 0 aliphatic rings. The molecule has 3 nitrogen and oxygen atoms in total. The maximum Gasteiger partial charge on any atom is 0.285 e. The van der Waals surface area contributed by atoms with E-state index < -0.39 is 0 Å². The van der Waals surface area contributed by atoms with E-state index in [9.17, 15) is 0 Å². The summed E-state index contributed by atoms with van der Waals surface area (Å²) in [5.74, 6) is 1.30. The Kier molecular flexibility index (Phi) is 2.69. The molecule has 0 spiro atoms. The highest BCUT2D eigenvalue weighted by Gasteiger charge is 2.14. The zero-order valence-corrected chi connectivity index (χ0v) is 9.73. The molecule has 2 aromatic heterocycles. The molecule has 0 saturated heterocycles. The summed E-state index contributed by atoms with van der Waals surface area (Å²) in [5.41, 5.74) is 0.704. The Hall–Kier alpha value is -1.77. The van der Waals surface area contributed by atoms with Crippen molar-refractivity contribution in [3.05, 3.63) is 36.7 Å². The second-order valence-electron chi connectivity index (χ2n) is 4.57. The second kappa shape index (κ2) is 4.00. The SMILES string of the molecule is CC(C)(C)Oc1ccc(-c2cccnc2)o1. The number of pyridine rings is 1. The van der Waals surface area contributed by atoms with E-state index in [4.69, 9.17) is 9.15 Å². The third-order valence-electron chi connectivity index (χ3n) is 1.93. The van der Waals surface area contributed by atoms with E-state index in [1.165, 1.54) is 0 Å². The van der Waals surface area contributed by atoms with Crippen LogP contribution in [0, 0.1) is 0 Å². The van der Waals surface area contributed by atoms with Gasteiger partial charge in [-0.25, -0.2) is 0 Å². The molecule has 0 amide bonds. The second-order valence-corrected chi connectivity index (χ2v) is 4.57. The highest BCUT2D eigenvalue weighted by molar-refractivity contribution is 5.56. The molecule has 2 heterocycles. The number of ether oxygens (including phenoxy) is 1. The lowest BCUT2D eigenvalue weighted by Crippen LogP contribution is -2.22. The first kappa shape index (κ1) is 10.7. The largest absolute Gasteiger partial charge is 0.459 e. The zero-order chi connectivity index (χ0) is 11.6. The molecule has 0 radical (unpaired) electrons. The molecule has 2 rings (SSSR count). The van der Waals surface area contributed by atoms with Crippen molar-refractivity contribution in [1.29, 1.82) is 0 Å². The fourth-order valence-corrected chi connectivity index (χ4v) is 1.34. The number of rotatable bonds is 2. The summed E-state index contributed by atoms with van der Waals surface area (Å²) < 4.78 is 11.2. The summed E-state index contributed by atoms with van der Waals surface area (Å²) >= 11 is 0. The van der Waals surface area contributed by atoms with Crippen molar-refractivity contribution in [3.63, 3.8) is 0 Å². The topological polar surface area (TPSA) is 35.3 Å². The number of hydrogen-bond acceptors (Lipinski definition) is 3. The van der Waals surface area contributed by atoms with Gasteiger partial charge in [0.2, 0.25) is 0 Å². The molecule has 3 heteroatoms. The van der Waals surface area contributed by atoms with Crippen molar-refractivity contribution < 1.29 is 9.15 Å². The Morgan fingerprint density at radius 1 is 1.19 bits per heavy atom. The van der Waals surface area contributed by atoms with Gasteiger partial charge < -0.3 is 9.15 Å². The minimum absolute atomic E-state index is 0.246. The normalized spacial score (nSPS) is 11.4. The quantitative estimate of drug-likeness (QED) is 0.772. The van der Waals surface area contributed by atoms with E-state index in [2.05, 4.69) is 4.98 Å². The molecule has 0 atom stereocenters. The lowest BCUT2D eigenvalue weighted by molar-refractivity contribution is 0.0962. The van der Waals surface area contributed by atoms with Gasteiger partial charge in [0, 0.05) is 24.0 Å². The molecule has 84 valence electrons.